The van der Waals surface area contributed by atoms with Crippen molar-refractivity contribution in [3.63, 3.8) is 0 Å². The number of nitrogens with zero attached hydrogens (tertiary/aromatic N) is 2. The number of methoxy groups -OCH3 is 1. The number of rotatable bonds is 11. The molecule has 1 atom stereocenters. The van der Waals surface area contributed by atoms with Crippen molar-refractivity contribution >= 4 is 44.0 Å². The van der Waals surface area contributed by atoms with Gasteiger partial charge in [0, 0.05) is 27.1 Å². The Hall–Kier alpha value is -3.50. The Morgan fingerprint density at radius 1 is 1.07 bits per heavy atom. The predicted molar refractivity (Wildman–Crippen MR) is 162 cm³/mol. The van der Waals surface area contributed by atoms with Crippen molar-refractivity contribution < 1.29 is 23.4 Å². The lowest BCUT2D eigenvalue weighted by Gasteiger charge is -2.18. The number of ether oxygens (including phenoxy) is 3. The first-order valence-corrected chi connectivity index (χ1v) is 14.3. The van der Waals surface area contributed by atoms with Gasteiger partial charge >= 0.3 is 5.91 Å². The molecule has 2 heterocycles. The number of nitrogens with one attached hydrogen (secondary N) is 1. The van der Waals surface area contributed by atoms with Crippen LogP contribution in [0.5, 0.6) is 17.2 Å². The van der Waals surface area contributed by atoms with E-state index in [2.05, 4.69) is 72.9 Å². The molecule has 2 aromatic carbocycles. The van der Waals surface area contributed by atoms with Crippen LogP contribution in [0.25, 0.3) is 5.69 Å². The maximum Gasteiger partial charge on any atom is 0.307 e. The minimum absolute atomic E-state index is 0.0174. The summed E-state index contributed by atoms with van der Waals surface area (Å²) >= 11 is 7.12. The van der Waals surface area contributed by atoms with E-state index in [1.54, 1.807) is 25.3 Å². The van der Waals surface area contributed by atoms with E-state index in [-0.39, 0.29) is 18.5 Å². The van der Waals surface area contributed by atoms with Crippen LogP contribution >= 0.6 is 31.9 Å². The smallest absolute Gasteiger partial charge is 0.307 e. The first-order chi connectivity index (χ1) is 19.2. The van der Waals surface area contributed by atoms with Crippen molar-refractivity contribution in [2.45, 2.75) is 46.8 Å². The Morgan fingerprint density at radius 3 is 2.42 bits per heavy atom. The highest BCUT2D eigenvalue weighted by Crippen LogP contribution is 2.43. The predicted octanol–water partition coefficient (Wildman–Crippen LogP) is 7.74. The van der Waals surface area contributed by atoms with E-state index < -0.39 is 5.91 Å². The fraction of sp³-hybridized carbons (Fsp3) is 0.267. The van der Waals surface area contributed by atoms with Crippen LogP contribution < -0.4 is 19.6 Å². The number of hydrogen-bond acceptors (Lipinski definition) is 6. The number of amides is 1. The third-order valence-electron chi connectivity index (χ3n) is 6.27. The van der Waals surface area contributed by atoms with Crippen molar-refractivity contribution in [1.82, 2.24) is 9.99 Å². The van der Waals surface area contributed by atoms with Crippen LogP contribution in [-0.2, 0) is 6.61 Å². The van der Waals surface area contributed by atoms with Gasteiger partial charge in [0.1, 0.15) is 18.1 Å². The topological polar surface area (TPSA) is 87.2 Å². The van der Waals surface area contributed by atoms with Crippen molar-refractivity contribution in [3.8, 4) is 22.9 Å². The molecular weight excluding hydrogens is 642 g/mol. The number of hydrogen-bond donors (Lipinski definition) is 1. The van der Waals surface area contributed by atoms with E-state index in [9.17, 15) is 4.79 Å². The number of carbonyl (C=O) groups is 1. The summed E-state index contributed by atoms with van der Waals surface area (Å²) in [5.74, 6) is 2.00. The number of carbonyl (C=O) groups excluding carboxylic acids is 1. The highest BCUT2D eigenvalue weighted by Gasteiger charge is 2.18. The molecule has 0 spiro atoms. The lowest BCUT2D eigenvalue weighted by atomic mass is 10.2. The van der Waals surface area contributed by atoms with Gasteiger partial charge in [-0.05, 0) is 114 Å². The standard InChI is InChI=1S/C30H31Br2N3O5/c1-6-20(4)39-29-26(37-5)15-21(27(31)28(29)32)16-33-34-30(36)25-14-13-24(40-25)17-38-23-11-9-22(10-12-23)35-18(2)7-8-19(35)3/h7-16,20H,6,17H2,1-5H3,(H,34,36)/b33-16+/t20-/m1/s1. The molecule has 0 saturated carbocycles. The first kappa shape index (κ1) is 29.5. The van der Waals surface area contributed by atoms with Gasteiger partial charge in [-0.2, -0.15) is 5.10 Å². The van der Waals surface area contributed by atoms with Crippen LogP contribution in [0.3, 0.4) is 0 Å². The fourth-order valence-electron chi connectivity index (χ4n) is 3.96. The van der Waals surface area contributed by atoms with Gasteiger partial charge in [-0.3, -0.25) is 4.79 Å². The normalized spacial score (nSPS) is 12.0. The molecule has 210 valence electrons. The Morgan fingerprint density at radius 2 is 1.77 bits per heavy atom. The minimum Gasteiger partial charge on any atom is -0.493 e. The average Bonchev–Trinajstić information content (AvgIpc) is 3.57. The van der Waals surface area contributed by atoms with Gasteiger partial charge in [0.25, 0.3) is 0 Å². The number of aryl methyl sites for hydroxylation is 2. The van der Waals surface area contributed by atoms with Gasteiger partial charge in [0.15, 0.2) is 17.3 Å². The molecular formula is C30H31Br2N3O5. The van der Waals surface area contributed by atoms with Crippen molar-refractivity contribution in [2.24, 2.45) is 5.10 Å². The molecule has 4 aromatic rings. The molecule has 0 radical (unpaired) electrons. The van der Waals surface area contributed by atoms with Gasteiger partial charge < -0.3 is 23.2 Å². The van der Waals surface area contributed by atoms with E-state index in [0.29, 0.717) is 37.5 Å². The van der Waals surface area contributed by atoms with Crippen LogP contribution in [-0.4, -0.2) is 29.9 Å². The largest absolute Gasteiger partial charge is 0.493 e. The van der Waals surface area contributed by atoms with E-state index in [4.69, 9.17) is 18.6 Å². The Kier molecular flexibility index (Phi) is 9.76. The Balaban J connectivity index is 1.35. The van der Waals surface area contributed by atoms with Gasteiger partial charge in [-0.25, -0.2) is 5.43 Å². The SMILES string of the molecule is CC[C@@H](C)Oc1c(OC)cc(/C=N/NC(=O)c2ccc(COc3ccc(-n4c(C)ccc4C)cc3)o2)c(Br)c1Br. The second kappa shape index (κ2) is 13.2. The van der Waals surface area contributed by atoms with Crippen LogP contribution in [0.15, 0.2) is 73.1 Å². The molecule has 1 amide bonds. The molecule has 4 rings (SSSR count). The molecule has 0 aliphatic rings. The quantitative estimate of drug-likeness (QED) is 0.130. The fourth-order valence-corrected chi connectivity index (χ4v) is 4.87. The van der Waals surface area contributed by atoms with Crippen LogP contribution in [0.2, 0.25) is 0 Å². The second-order valence-electron chi connectivity index (χ2n) is 9.16. The second-order valence-corrected chi connectivity index (χ2v) is 10.7. The molecule has 0 unspecified atom stereocenters. The number of hydrazone groups is 1. The summed E-state index contributed by atoms with van der Waals surface area (Å²) in [7, 11) is 1.57. The molecule has 0 bridgehead atoms. The maximum atomic E-state index is 12.6. The average molecular weight is 673 g/mol. The van der Waals surface area contributed by atoms with Crippen molar-refractivity contribution in [2.75, 3.05) is 7.11 Å². The summed E-state index contributed by atoms with van der Waals surface area (Å²) < 4.78 is 26.6. The highest BCUT2D eigenvalue weighted by atomic mass is 79.9. The number of furan rings is 1. The zero-order valence-electron chi connectivity index (χ0n) is 23.0. The van der Waals surface area contributed by atoms with Crippen molar-refractivity contribution in [3.05, 3.63) is 92.0 Å². The summed E-state index contributed by atoms with van der Waals surface area (Å²) in [5, 5.41) is 4.08. The maximum absolute atomic E-state index is 12.6. The summed E-state index contributed by atoms with van der Waals surface area (Å²) in [4.78, 5) is 12.6. The molecule has 2 aromatic heterocycles. The zero-order valence-corrected chi connectivity index (χ0v) is 26.1. The van der Waals surface area contributed by atoms with E-state index >= 15 is 0 Å². The molecule has 1 N–H and O–H groups in total. The summed E-state index contributed by atoms with van der Waals surface area (Å²) in [6, 6.07) is 17.1. The lowest BCUT2D eigenvalue weighted by molar-refractivity contribution is 0.0923. The highest BCUT2D eigenvalue weighted by molar-refractivity contribution is 9.13. The zero-order chi connectivity index (χ0) is 28.8. The van der Waals surface area contributed by atoms with Gasteiger partial charge in [-0.15, -0.1) is 0 Å². The van der Waals surface area contributed by atoms with Gasteiger partial charge in [-0.1, -0.05) is 6.92 Å². The summed E-state index contributed by atoms with van der Waals surface area (Å²) in [6.45, 7) is 8.36. The third kappa shape index (κ3) is 6.79. The van der Waals surface area contributed by atoms with Gasteiger partial charge in [0.05, 0.1) is 23.9 Å². The molecule has 0 aliphatic heterocycles. The first-order valence-electron chi connectivity index (χ1n) is 12.7. The van der Waals surface area contributed by atoms with E-state index in [1.165, 1.54) is 17.6 Å². The Labute approximate surface area is 250 Å². The lowest BCUT2D eigenvalue weighted by Crippen LogP contribution is -2.17. The molecule has 0 fully saturated rings. The number of benzene rings is 2. The van der Waals surface area contributed by atoms with E-state index in [0.717, 1.165) is 12.1 Å². The third-order valence-corrected chi connectivity index (χ3v) is 8.42. The van der Waals surface area contributed by atoms with E-state index in [1.807, 2.05) is 38.1 Å². The molecule has 0 saturated heterocycles. The van der Waals surface area contributed by atoms with Gasteiger partial charge in [0.2, 0.25) is 0 Å². The number of aromatic nitrogens is 1. The van der Waals surface area contributed by atoms with Crippen molar-refractivity contribution in [1.29, 1.82) is 0 Å². The van der Waals surface area contributed by atoms with Crippen LogP contribution in [0.1, 0.15) is 53.5 Å². The monoisotopic (exact) mass is 671 g/mol. The minimum atomic E-state index is -0.483. The molecule has 10 heteroatoms. The number of halogens is 2. The van der Waals surface area contributed by atoms with Crippen LogP contribution in [0.4, 0.5) is 0 Å². The molecule has 40 heavy (non-hydrogen) atoms. The molecule has 8 nitrogen and oxygen atoms in total. The summed E-state index contributed by atoms with van der Waals surface area (Å²) in [6.07, 6.45) is 2.38. The Bertz CT molecular complexity index is 1490. The van der Waals surface area contributed by atoms with Crippen LogP contribution in [0, 0.1) is 13.8 Å². The summed E-state index contributed by atoms with van der Waals surface area (Å²) in [5.41, 5.74) is 6.58. The molecule has 0 aliphatic carbocycles.